The summed E-state index contributed by atoms with van der Waals surface area (Å²) < 4.78 is 0. The summed E-state index contributed by atoms with van der Waals surface area (Å²) in [6, 6.07) is 7.91. The predicted molar refractivity (Wildman–Crippen MR) is 110 cm³/mol. The zero-order valence-corrected chi connectivity index (χ0v) is 16.7. The number of ketones is 1. The monoisotopic (exact) mass is 410 g/mol. The normalized spacial score (nSPS) is 18.2. The van der Waals surface area contributed by atoms with Crippen LogP contribution < -0.4 is 0 Å². The summed E-state index contributed by atoms with van der Waals surface area (Å²) >= 11 is 0. The molecule has 2 aromatic rings. The van der Waals surface area contributed by atoms with Gasteiger partial charge in [-0.05, 0) is 56.9 Å². The number of nitro benzene ring substituents is 1. The molecule has 2 heterocycles. The molecular formula is C21H22N4O5. The summed E-state index contributed by atoms with van der Waals surface area (Å²) in [4.78, 5) is 43.4. The number of pyridine rings is 1. The van der Waals surface area contributed by atoms with Crippen LogP contribution >= 0.6 is 0 Å². The van der Waals surface area contributed by atoms with Gasteiger partial charge in [0.15, 0.2) is 0 Å². The van der Waals surface area contributed by atoms with Gasteiger partial charge in [0.1, 0.15) is 5.76 Å². The molecule has 0 radical (unpaired) electrons. The van der Waals surface area contributed by atoms with Gasteiger partial charge >= 0.3 is 0 Å². The summed E-state index contributed by atoms with van der Waals surface area (Å²) in [7, 11) is 3.82. The molecule has 0 saturated carbocycles. The number of amides is 1. The molecule has 0 spiro atoms. The Labute approximate surface area is 173 Å². The van der Waals surface area contributed by atoms with Gasteiger partial charge < -0.3 is 14.9 Å². The average Bonchev–Trinajstić information content (AvgIpc) is 2.98. The van der Waals surface area contributed by atoms with Crippen molar-refractivity contribution in [3.05, 3.63) is 75.6 Å². The van der Waals surface area contributed by atoms with Crippen LogP contribution in [0.15, 0.2) is 54.4 Å². The van der Waals surface area contributed by atoms with Crippen molar-refractivity contribution in [2.24, 2.45) is 0 Å². The van der Waals surface area contributed by atoms with Crippen molar-refractivity contribution in [3.63, 3.8) is 0 Å². The molecule has 1 aliphatic heterocycles. The van der Waals surface area contributed by atoms with Gasteiger partial charge in [-0.25, -0.2) is 0 Å². The van der Waals surface area contributed by atoms with Crippen molar-refractivity contribution >= 4 is 23.1 Å². The minimum absolute atomic E-state index is 0.0371. The Hall–Kier alpha value is -3.59. The highest BCUT2D eigenvalue weighted by Crippen LogP contribution is 2.39. The second-order valence-corrected chi connectivity index (χ2v) is 7.23. The van der Waals surface area contributed by atoms with Crippen LogP contribution in [0.3, 0.4) is 0 Å². The number of carbonyl (C=O) groups is 2. The number of aromatic nitrogens is 1. The predicted octanol–water partition coefficient (Wildman–Crippen LogP) is 2.36. The first-order valence-electron chi connectivity index (χ1n) is 9.39. The fraction of sp³-hybridized carbons (Fsp3) is 0.286. The van der Waals surface area contributed by atoms with Crippen LogP contribution in [0.1, 0.15) is 23.6 Å². The van der Waals surface area contributed by atoms with Gasteiger partial charge in [-0.2, -0.15) is 0 Å². The van der Waals surface area contributed by atoms with Crippen LogP contribution in [0.25, 0.3) is 5.76 Å². The molecule has 156 valence electrons. The number of Topliss-reactive ketones (excluding diaryl/α,β-unsaturated/α-hetero) is 1. The molecule has 1 aromatic carbocycles. The van der Waals surface area contributed by atoms with Crippen LogP contribution in [0, 0.1) is 10.1 Å². The molecule has 0 aliphatic carbocycles. The SMILES string of the molecule is CN(C)CCCN1C(=O)C(=O)/C(=C(/O)c2ccncc2)C1c1ccc([N+](=O)[O-])cc1. The Morgan fingerprint density at radius 1 is 1.17 bits per heavy atom. The number of aliphatic hydroxyl groups is 1. The van der Waals surface area contributed by atoms with E-state index in [0.717, 1.165) is 0 Å². The summed E-state index contributed by atoms with van der Waals surface area (Å²) in [6.07, 6.45) is 3.57. The molecule has 1 saturated heterocycles. The number of hydrogen-bond acceptors (Lipinski definition) is 7. The van der Waals surface area contributed by atoms with Crippen molar-refractivity contribution in [3.8, 4) is 0 Å². The van der Waals surface area contributed by atoms with E-state index in [1.807, 2.05) is 19.0 Å². The number of aliphatic hydroxyl groups excluding tert-OH is 1. The molecule has 1 fully saturated rings. The van der Waals surface area contributed by atoms with E-state index in [9.17, 15) is 24.8 Å². The summed E-state index contributed by atoms with van der Waals surface area (Å²) in [5, 5.41) is 21.8. The first-order valence-corrected chi connectivity index (χ1v) is 9.39. The van der Waals surface area contributed by atoms with Gasteiger partial charge in [0.05, 0.1) is 16.5 Å². The van der Waals surface area contributed by atoms with Crippen molar-refractivity contribution < 1.29 is 19.6 Å². The van der Waals surface area contributed by atoms with Crippen molar-refractivity contribution in [2.75, 3.05) is 27.2 Å². The third kappa shape index (κ3) is 4.20. The Bertz CT molecular complexity index is 986. The number of non-ortho nitro benzene ring substituents is 1. The standard InChI is InChI=1S/C21H22N4O5/c1-23(2)12-3-13-24-18(14-4-6-16(7-5-14)25(29)30)17(20(27)21(24)28)19(26)15-8-10-22-11-9-15/h4-11,18,26H,3,12-13H2,1-2H3/b19-17+. The van der Waals surface area contributed by atoms with Gasteiger partial charge in [-0.3, -0.25) is 24.7 Å². The lowest BCUT2D eigenvalue weighted by Crippen LogP contribution is -2.32. The highest BCUT2D eigenvalue weighted by Gasteiger charge is 2.45. The molecule has 1 aromatic heterocycles. The maximum Gasteiger partial charge on any atom is 0.295 e. The van der Waals surface area contributed by atoms with Crippen LogP contribution in [0.5, 0.6) is 0 Å². The molecule has 1 N–H and O–H groups in total. The second kappa shape index (κ2) is 8.83. The fourth-order valence-electron chi connectivity index (χ4n) is 3.46. The number of carbonyl (C=O) groups excluding carboxylic acids is 2. The lowest BCUT2D eigenvalue weighted by atomic mass is 9.95. The first kappa shape index (κ1) is 21.1. The number of nitrogens with zero attached hydrogens (tertiary/aromatic N) is 4. The smallest absolute Gasteiger partial charge is 0.295 e. The van der Waals surface area contributed by atoms with E-state index >= 15 is 0 Å². The molecule has 1 aliphatic rings. The van der Waals surface area contributed by atoms with E-state index in [4.69, 9.17) is 0 Å². The highest BCUT2D eigenvalue weighted by atomic mass is 16.6. The van der Waals surface area contributed by atoms with Crippen molar-refractivity contribution in [1.82, 2.24) is 14.8 Å². The third-order valence-electron chi connectivity index (χ3n) is 4.92. The van der Waals surface area contributed by atoms with E-state index in [-0.39, 0.29) is 17.0 Å². The zero-order valence-electron chi connectivity index (χ0n) is 16.7. The Kier molecular flexibility index (Phi) is 6.22. The lowest BCUT2D eigenvalue weighted by Gasteiger charge is -2.25. The molecular weight excluding hydrogens is 388 g/mol. The minimum Gasteiger partial charge on any atom is -0.507 e. The molecule has 30 heavy (non-hydrogen) atoms. The molecule has 9 nitrogen and oxygen atoms in total. The van der Waals surface area contributed by atoms with Crippen LogP contribution in [0.4, 0.5) is 5.69 Å². The number of rotatable bonds is 7. The molecule has 1 amide bonds. The van der Waals surface area contributed by atoms with Crippen LogP contribution in [0.2, 0.25) is 0 Å². The van der Waals surface area contributed by atoms with Gasteiger partial charge in [-0.1, -0.05) is 0 Å². The van der Waals surface area contributed by atoms with E-state index in [2.05, 4.69) is 4.98 Å². The summed E-state index contributed by atoms with van der Waals surface area (Å²) in [5.74, 6) is -1.78. The van der Waals surface area contributed by atoms with Crippen LogP contribution in [-0.2, 0) is 9.59 Å². The number of hydrogen-bond donors (Lipinski definition) is 1. The van der Waals surface area contributed by atoms with E-state index in [0.29, 0.717) is 30.6 Å². The second-order valence-electron chi connectivity index (χ2n) is 7.23. The number of likely N-dealkylation sites (tertiary alicyclic amines) is 1. The average molecular weight is 410 g/mol. The van der Waals surface area contributed by atoms with Crippen LogP contribution in [-0.4, -0.2) is 63.7 Å². The van der Waals surface area contributed by atoms with E-state index in [1.165, 1.54) is 41.6 Å². The van der Waals surface area contributed by atoms with Gasteiger partial charge in [0.2, 0.25) is 0 Å². The summed E-state index contributed by atoms with van der Waals surface area (Å²) in [6.45, 7) is 1.01. The van der Waals surface area contributed by atoms with E-state index < -0.39 is 22.7 Å². The third-order valence-corrected chi connectivity index (χ3v) is 4.92. The van der Waals surface area contributed by atoms with Crippen molar-refractivity contribution in [2.45, 2.75) is 12.5 Å². The first-order chi connectivity index (χ1) is 14.3. The molecule has 0 bridgehead atoms. The molecule has 9 heteroatoms. The fourth-order valence-corrected chi connectivity index (χ4v) is 3.46. The topological polar surface area (TPSA) is 117 Å². The number of benzene rings is 1. The zero-order chi connectivity index (χ0) is 21.8. The van der Waals surface area contributed by atoms with Crippen molar-refractivity contribution in [1.29, 1.82) is 0 Å². The molecule has 3 rings (SSSR count). The number of nitro groups is 1. The molecule has 1 atom stereocenters. The maximum absolute atomic E-state index is 12.8. The van der Waals surface area contributed by atoms with Gasteiger partial charge in [-0.15, -0.1) is 0 Å². The van der Waals surface area contributed by atoms with Gasteiger partial charge in [0, 0.05) is 36.6 Å². The van der Waals surface area contributed by atoms with E-state index in [1.54, 1.807) is 12.1 Å². The Balaban J connectivity index is 2.08. The maximum atomic E-state index is 12.8. The Morgan fingerprint density at radius 2 is 1.80 bits per heavy atom. The Morgan fingerprint density at radius 3 is 2.37 bits per heavy atom. The largest absolute Gasteiger partial charge is 0.507 e. The minimum atomic E-state index is -0.832. The highest BCUT2D eigenvalue weighted by molar-refractivity contribution is 6.46. The summed E-state index contributed by atoms with van der Waals surface area (Å²) in [5.41, 5.74) is 0.741. The van der Waals surface area contributed by atoms with Gasteiger partial charge in [0.25, 0.3) is 17.4 Å². The molecule has 1 unspecified atom stereocenters. The lowest BCUT2D eigenvalue weighted by molar-refractivity contribution is -0.384. The quantitative estimate of drug-likeness (QED) is 0.245.